The number of hydrogen-bond acceptors (Lipinski definition) is 4. The number of aliphatic carboxylic acids is 1. The topological polar surface area (TPSA) is 84.9 Å². The minimum Gasteiger partial charge on any atom is -0.490 e. The average molecular weight is 323 g/mol. The SMILES string of the molecule is CCOc1ccc(C(=O)NC(CC(C)C)C(=O)O)cc1OCC. The van der Waals surface area contributed by atoms with Crippen molar-refractivity contribution >= 4 is 11.9 Å². The first-order chi connectivity index (χ1) is 10.9. The molecular weight excluding hydrogens is 298 g/mol. The van der Waals surface area contributed by atoms with Crippen LogP contribution in [0, 0.1) is 5.92 Å². The number of amides is 1. The standard InChI is InChI=1S/C17H25NO5/c1-5-22-14-8-7-12(10-15(14)23-6-2)16(19)18-13(17(20)21)9-11(3)4/h7-8,10-11,13H,5-6,9H2,1-4H3,(H,18,19)(H,20,21). The zero-order valence-electron chi connectivity index (χ0n) is 14.1. The van der Waals surface area contributed by atoms with E-state index in [1.54, 1.807) is 18.2 Å². The largest absolute Gasteiger partial charge is 0.490 e. The molecule has 0 fully saturated rings. The van der Waals surface area contributed by atoms with Gasteiger partial charge in [-0.3, -0.25) is 4.79 Å². The molecule has 1 rings (SSSR count). The van der Waals surface area contributed by atoms with Gasteiger partial charge in [-0.15, -0.1) is 0 Å². The number of carbonyl (C=O) groups excluding carboxylic acids is 1. The molecule has 1 aromatic carbocycles. The van der Waals surface area contributed by atoms with Crippen LogP contribution in [0.5, 0.6) is 11.5 Å². The molecule has 1 atom stereocenters. The molecule has 0 saturated heterocycles. The second-order valence-corrected chi connectivity index (χ2v) is 5.52. The van der Waals surface area contributed by atoms with Gasteiger partial charge < -0.3 is 19.9 Å². The number of carbonyl (C=O) groups is 2. The Morgan fingerprint density at radius 3 is 2.26 bits per heavy atom. The molecule has 1 amide bonds. The maximum atomic E-state index is 12.3. The lowest BCUT2D eigenvalue weighted by Crippen LogP contribution is -2.41. The van der Waals surface area contributed by atoms with Gasteiger partial charge in [-0.1, -0.05) is 13.8 Å². The molecule has 0 heterocycles. The van der Waals surface area contributed by atoms with Gasteiger partial charge in [0, 0.05) is 5.56 Å². The molecule has 0 radical (unpaired) electrons. The lowest BCUT2D eigenvalue weighted by atomic mass is 10.0. The van der Waals surface area contributed by atoms with Crippen molar-refractivity contribution in [2.24, 2.45) is 5.92 Å². The molecule has 1 aromatic rings. The molecule has 0 aliphatic heterocycles. The van der Waals surface area contributed by atoms with Crippen LogP contribution in [0.1, 0.15) is 44.5 Å². The summed E-state index contributed by atoms with van der Waals surface area (Å²) in [4.78, 5) is 23.5. The van der Waals surface area contributed by atoms with E-state index in [1.807, 2.05) is 27.7 Å². The van der Waals surface area contributed by atoms with Gasteiger partial charge in [0.05, 0.1) is 13.2 Å². The third kappa shape index (κ3) is 5.81. The Balaban J connectivity index is 2.93. The van der Waals surface area contributed by atoms with Crippen molar-refractivity contribution in [3.63, 3.8) is 0 Å². The summed E-state index contributed by atoms with van der Waals surface area (Å²) >= 11 is 0. The molecule has 2 N–H and O–H groups in total. The van der Waals surface area contributed by atoms with Crippen molar-refractivity contribution in [3.05, 3.63) is 23.8 Å². The molecule has 0 spiro atoms. The highest BCUT2D eigenvalue weighted by Crippen LogP contribution is 2.28. The van der Waals surface area contributed by atoms with Crippen LogP contribution in [-0.4, -0.2) is 36.2 Å². The molecular formula is C17H25NO5. The first-order valence-corrected chi connectivity index (χ1v) is 7.82. The highest BCUT2D eigenvalue weighted by atomic mass is 16.5. The lowest BCUT2D eigenvalue weighted by molar-refractivity contribution is -0.139. The van der Waals surface area contributed by atoms with E-state index in [1.165, 1.54) is 0 Å². The van der Waals surface area contributed by atoms with E-state index in [4.69, 9.17) is 9.47 Å². The maximum Gasteiger partial charge on any atom is 0.326 e. The smallest absolute Gasteiger partial charge is 0.326 e. The quantitative estimate of drug-likeness (QED) is 0.730. The zero-order valence-corrected chi connectivity index (χ0v) is 14.1. The first-order valence-electron chi connectivity index (χ1n) is 7.82. The number of benzene rings is 1. The molecule has 6 nitrogen and oxygen atoms in total. The minimum absolute atomic E-state index is 0.163. The van der Waals surface area contributed by atoms with Crippen LogP contribution in [0.2, 0.25) is 0 Å². The van der Waals surface area contributed by atoms with Crippen LogP contribution in [0.4, 0.5) is 0 Å². The summed E-state index contributed by atoms with van der Waals surface area (Å²) in [5, 5.41) is 11.8. The Bertz CT molecular complexity index is 542. The molecule has 0 bridgehead atoms. The fourth-order valence-corrected chi connectivity index (χ4v) is 2.13. The lowest BCUT2D eigenvalue weighted by Gasteiger charge is -2.17. The van der Waals surface area contributed by atoms with Crippen molar-refractivity contribution in [1.29, 1.82) is 0 Å². The number of carboxylic acid groups (broad SMARTS) is 1. The molecule has 0 aromatic heterocycles. The van der Waals surface area contributed by atoms with Gasteiger partial charge in [-0.2, -0.15) is 0 Å². The predicted molar refractivity (Wildman–Crippen MR) is 87.1 cm³/mol. The van der Waals surface area contributed by atoms with E-state index >= 15 is 0 Å². The van der Waals surface area contributed by atoms with Crippen molar-refractivity contribution in [1.82, 2.24) is 5.32 Å². The van der Waals surface area contributed by atoms with Crippen molar-refractivity contribution in [2.75, 3.05) is 13.2 Å². The number of hydrogen-bond donors (Lipinski definition) is 2. The van der Waals surface area contributed by atoms with Gasteiger partial charge in [0.2, 0.25) is 0 Å². The van der Waals surface area contributed by atoms with E-state index in [2.05, 4.69) is 5.32 Å². The molecule has 0 aliphatic carbocycles. The molecule has 0 aliphatic rings. The van der Waals surface area contributed by atoms with Crippen LogP contribution < -0.4 is 14.8 Å². The van der Waals surface area contributed by atoms with Crippen LogP contribution in [-0.2, 0) is 4.79 Å². The summed E-state index contributed by atoms with van der Waals surface area (Å²) < 4.78 is 10.9. The normalized spacial score (nSPS) is 11.9. The fourth-order valence-electron chi connectivity index (χ4n) is 2.13. The Hall–Kier alpha value is -2.24. The minimum atomic E-state index is -1.04. The van der Waals surface area contributed by atoms with E-state index in [0.717, 1.165) is 0 Å². The number of ether oxygens (including phenoxy) is 2. The van der Waals surface area contributed by atoms with Crippen LogP contribution >= 0.6 is 0 Å². The van der Waals surface area contributed by atoms with E-state index < -0.39 is 17.9 Å². The van der Waals surface area contributed by atoms with Gasteiger partial charge >= 0.3 is 5.97 Å². The zero-order chi connectivity index (χ0) is 17.4. The fraction of sp³-hybridized carbons (Fsp3) is 0.529. The highest BCUT2D eigenvalue weighted by Gasteiger charge is 2.22. The van der Waals surface area contributed by atoms with E-state index in [0.29, 0.717) is 36.7 Å². The second-order valence-electron chi connectivity index (χ2n) is 5.52. The first kappa shape index (κ1) is 18.8. The molecule has 6 heteroatoms. The molecule has 0 saturated carbocycles. The summed E-state index contributed by atoms with van der Waals surface area (Å²) in [5.74, 6) is -0.290. The summed E-state index contributed by atoms with van der Waals surface area (Å²) in [6.07, 6.45) is 0.371. The van der Waals surface area contributed by atoms with Crippen molar-refractivity contribution < 1.29 is 24.2 Å². The summed E-state index contributed by atoms with van der Waals surface area (Å²) in [6.45, 7) is 8.45. The van der Waals surface area contributed by atoms with Crippen LogP contribution in [0.3, 0.4) is 0 Å². The number of nitrogens with one attached hydrogen (secondary N) is 1. The molecule has 23 heavy (non-hydrogen) atoms. The maximum absolute atomic E-state index is 12.3. The average Bonchev–Trinajstić information content (AvgIpc) is 2.48. The monoisotopic (exact) mass is 323 g/mol. The van der Waals surface area contributed by atoms with Gasteiger partial charge in [0.15, 0.2) is 11.5 Å². The van der Waals surface area contributed by atoms with Gasteiger partial charge in [0.1, 0.15) is 6.04 Å². The summed E-state index contributed by atoms with van der Waals surface area (Å²) in [7, 11) is 0. The number of rotatable bonds is 9. The van der Waals surface area contributed by atoms with Gasteiger partial charge in [0.25, 0.3) is 5.91 Å². The summed E-state index contributed by atoms with van der Waals surface area (Å²) in [6, 6.07) is 3.90. The molecule has 1 unspecified atom stereocenters. The second kappa shape index (κ2) is 9.02. The number of carboxylic acids is 1. The predicted octanol–water partition coefficient (Wildman–Crippen LogP) is 2.71. The van der Waals surface area contributed by atoms with Crippen LogP contribution in [0.15, 0.2) is 18.2 Å². The van der Waals surface area contributed by atoms with E-state index in [-0.39, 0.29) is 5.92 Å². The van der Waals surface area contributed by atoms with Crippen molar-refractivity contribution in [3.8, 4) is 11.5 Å². The third-order valence-corrected chi connectivity index (χ3v) is 3.12. The Labute approximate surface area is 136 Å². The van der Waals surface area contributed by atoms with Gasteiger partial charge in [-0.05, 0) is 44.4 Å². The van der Waals surface area contributed by atoms with Crippen LogP contribution in [0.25, 0.3) is 0 Å². The van der Waals surface area contributed by atoms with Crippen molar-refractivity contribution in [2.45, 2.75) is 40.2 Å². The Kier molecular flexibility index (Phi) is 7.38. The Morgan fingerprint density at radius 1 is 1.13 bits per heavy atom. The van der Waals surface area contributed by atoms with E-state index in [9.17, 15) is 14.7 Å². The van der Waals surface area contributed by atoms with Gasteiger partial charge in [-0.25, -0.2) is 4.79 Å². The summed E-state index contributed by atoms with van der Waals surface area (Å²) in [5.41, 5.74) is 0.340. The highest BCUT2D eigenvalue weighted by molar-refractivity contribution is 5.97. The molecule has 128 valence electrons. The third-order valence-electron chi connectivity index (χ3n) is 3.12. The Morgan fingerprint density at radius 2 is 1.74 bits per heavy atom.